The van der Waals surface area contributed by atoms with Crippen LogP contribution >= 0.6 is 11.3 Å². The lowest BCUT2D eigenvalue weighted by atomic mass is 10.3. The van der Waals surface area contributed by atoms with Crippen LogP contribution in [-0.4, -0.2) is 37.4 Å². The number of thiophene rings is 1. The molecule has 98 valence electrons. The standard InChI is InChI=1S/C12H16N2O2S2/c1-10-4-5-14(6-7-18(10,15)16)9-12-3-2-11(8-13)17-12/h2-3,10H,4-7,9H2,1H3/t10-/m0/s1. The van der Waals surface area contributed by atoms with Crippen molar-refractivity contribution in [2.24, 2.45) is 0 Å². The molecule has 6 heteroatoms. The molecule has 0 aliphatic carbocycles. The predicted molar refractivity (Wildman–Crippen MR) is 72.2 cm³/mol. The minimum atomic E-state index is -2.91. The van der Waals surface area contributed by atoms with Crippen LogP contribution < -0.4 is 0 Å². The van der Waals surface area contributed by atoms with E-state index >= 15 is 0 Å². The molecule has 2 heterocycles. The van der Waals surface area contributed by atoms with Crippen LogP contribution in [0.2, 0.25) is 0 Å². The van der Waals surface area contributed by atoms with Crippen LogP contribution in [-0.2, 0) is 16.4 Å². The number of hydrogen-bond acceptors (Lipinski definition) is 5. The van der Waals surface area contributed by atoms with E-state index in [0.29, 0.717) is 17.8 Å². The molecule has 0 saturated carbocycles. The van der Waals surface area contributed by atoms with Gasteiger partial charge >= 0.3 is 0 Å². The lowest BCUT2D eigenvalue weighted by molar-refractivity contribution is 0.286. The highest BCUT2D eigenvalue weighted by atomic mass is 32.2. The van der Waals surface area contributed by atoms with Crippen molar-refractivity contribution in [2.45, 2.75) is 25.1 Å². The number of hydrogen-bond donors (Lipinski definition) is 0. The number of nitrogens with zero attached hydrogens (tertiary/aromatic N) is 2. The highest BCUT2D eigenvalue weighted by Gasteiger charge is 2.26. The van der Waals surface area contributed by atoms with E-state index in [2.05, 4.69) is 11.0 Å². The first-order chi connectivity index (χ1) is 8.51. The molecule has 1 saturated heterocycles. The van der Waals surface area contributed by atoms with Gasteiger partial charge in [0.05, 0.1) is 11.0 Å². The Morgan fingerprint density at radius 3 is 2.94 bits per heavy atom. The highest BCUT2D eigenvalue weighted by Crippen LogP contribution is 2.20. The van der Waals surface area contributed by atoms with E-state index in [1.54, 1.807) is 6.92 Å². The lowest BCUT2D eigenvalue weighted by Gasteiger charge is -2.17. The van der Waals surface area contributed by atoms with Crippen LogP contribution in [0.1, 0.15) is 23.1 Å². The van der Waals surface area contributed by atoms with E-state index in [1.165, 1.54) is 11.3 Å². The SMILES string of the molecule is C[C@H]1CCN(Cc2ccc(C#N)s2)CCS1(=O)=O. The first-order valence-corrected chi connectivity index (χ1v) is 8.47. The molecule has 1 aromatic rings. The van der Waals surface area contributed by atoms with Crippen molar-refractivity contribution in [3.8, 4) is 6.07 Å². The van der Waals surface area contributed by atoms with Gasteiger partial charge in [0.25, 0.3) is 0 Å². The second-order valence-electron chi connectivity index (χ2n) is 4.62. The fraction of sp³-hybridized carbons (Fsp3) is 0.583. The molecule has 1 fully saturated rings. The maximum Gasteiger partial charge on any atom is 0.154 e. The molecule has 1 aromatic heterocycles. The van der Waals surface area contributed by atoms with Gasteiger partial charge in [-0.25, -0.2) is 8.42 Å². The molecule has 1 atom stereocenters. The molecule has 0 bridgehead atoms. The summed E-state index contributed by atoms with van der Waals surface area (Å²) in [5, 5.41) is 8.54. The summed E-state index contributed by atoms with van der Waals surface area (Å²) in [6.45, 7) is 3.93. The van der Waals surface area contributed by atoms with Crippen molar-refractivity contribution in [2.75, 3.05) is 18.8 Å². The van der Waals surface area contributed by atoms with Gasteiger partial charge in [-0.2, -0.15) is 5.26 Å². The summed E-state index contributed by atoms with van der Waals surface area (Å²) < 4.78 is 23.6. The third-order valence-electron chi connectivity index (χ3n) is 3.31. The Morgan fingerprint density at radius 1 is 1.50 bits per heavy atom. The zero-order valence-electron chi connectivity index (χ0n) is 10.3. The van der Waals surface area contributed by atoms with Gasteiger partial charge in [-0.15, -0.1) is 11.3 Å². The van der Waals surface area contributed by atoms with E-state index in [-0.39, 0.29) is 11.0 Å². The van der Waals surface area contributed by atoms with Gasteiger partial charge in [0, 0.05) is 18.0 Å². The largest absolute Gasteiger partial charge is 0.297 e. The Balaban J connectivity index is 2.01. The lowest BCUT2D eigenvalue weighted by Crippen LogP contribution is -2.26. The molecule has 0 N–H and O–H groups in total. The Morgan fingerprint density at radius 2 is 2.28 bits per heavy atom. The highest BCUT2D eigenvalue weighted by molar-refractivity contribution is 7.92. The fourth-order valence-electron chi connectivity index (χ4n) is 2.01. The molecule has 0 spiro atoms. The summed E-state index contributed by atoms with van der Waals surface area (Å²) in [4.78, 5) is 3.99. The van der Waals surface area contributed by atoms with Gasteiger partial charge in [-0.05, 0) is 32.0 Å². The van der Waals surface area contributed by atoms with Crippen LogP contribution in [0.25, 0.3) is 0 Å². The van der Waals surface area contributed by atoms with Gasteiger partial charge in [0.2, 0.25) is 0 Å². The molecule has 4 nitrogen and oxygen atoms in total. The van der Waals surface area contributed by atoms with Gasteiger partial charge in [0.1, 0.15) is 10.9 Å². The molecular formula is C12H16N2O2S2. The Bertz CT molecular complexity index is 557. The Hall–Kier alpha value is -0.900. The van der Waals surface area contributed by atoms with E-state index in [9.17, 15) is 8.42 Å². The van der Waals surface area contributed by atoms with Crippen LogP contribution in [0.4, 0.5) is 0 Å². The number of nitriles is 1. The van der Waals surface area contributed by atoms with E-state index in [1.807, 2.05) is 12.1 Å². The predicted octanol–water partition coefficient (Wildman–Crippen LogP) is 1.63. The summed E-state index contributed by atoms with van der Waals surface area (Å²) in [6, 6.07) is 5.89. The average molecular weight is 284 g/mol. The Labute approximate surface area is 112 Å². The van der Waals surface area contributed by atoms with Crippen molar-refractivity contribution in [3.63, 3.8) is 0 Å². The van der Waals surface area contributed by atoms with Crippen molar-refractivity contribution in [1.82, 2.24) is 4.90 Å². The smallest absolute Gasteiger partial charge is 0.154 e. The summed E-state index contributed by atoms with van der Waals surface area (Å²) in [7, 11) is -2.91. The first-order valence-electron chi connectivity index (χ1n) is 5.94. The minimum Gasteiger partial charge on any atom is -0.297 e. The summed E-state index contributed by atoms with van der Waals surface area (Å²) >= 11 is 1.48. The van der Waals surface area contributed by atoms with Crippen molar-refractivity contribution in [3.05, 3.63) is 21.9 Å². The minimum absolute atomic E-state index is 0.236. The van der Waals surface area contributed by atoms with Gasteiger partial charge in [-0.3, -0.25) is 4.90 Å². The molecule has 18 heavy (non-hydrogen) atoms. The van der Waals surface area contributed by atoms with E-state index in [0.717, 1.165) is 18.0 Å². The normalized spacial score (nSPS) is 24.3. The van der Waals surface area contributed by atoms with Gasteiger partial charge in [0.15, 0.2) is 9.84 Å². The molecule has 2 rings (SSSR count). The second kappa shape index (κ2) is 5.39. The molecule has 1 aliphatic heterocycles. The monoisotopic (exact) mass is 284 g/mol. The van der Waals surface area contributed by atoms with Crippen molar-refractivity contribution >= 4 is 21.2 Å². The van der Waals surface area contributed by atoms with Crippen LogP contribution in [0.3, 0.4) is 0 Å². The number of sulfone groups is 1. The third kappa shape index (κ3) is 3.10. The van der Waals surface area contributed by atoms with Crippen LogP contribution in [0.15, 0.2) is 12.1 Å². The molecule has 1 aliphatic rings. The maximum absolute atomic E-state index is 11.8. The molecular weight excluding hydrogens is 268 g/mol. The molecule has 0 unspecified atom stereocenters. The van der Waals surface area contributed by atoms with Crippen LogP contribution in [0.5, 0.6) is 0 Å². The second-order valence-corrected chi connectivity index (χ2v) is 8.33. The topological polar surface area (TPSA) is 61.2 Å². The summed E-state index contributed by atoms with van der Waals surface area (Å²) in [5.74, 6) is 0.241. The quantitative estimate of drug-likeness (QED) is 0.828. The zero-order chi connectivity index (χ0) is 13.2. The van der Waals surface area contributed by atoms with E-state index in [4.69, 9.17) is 5.26 Å². The first kappa shape index (κ1) is 13.5. The maximum atomic E-state index is 11.8. The molecule has 0 amide bonds. The van der Waals surface area contributed by atoms with Crippen molar-refractivity contribution in [1.29, 1.82) is 5.26 Å². The van der Waals surface area contributed by atoms with Gasteiger partial charge < -0.3 is 0 Å². The van der Waals surface area contributed by atoms with E-state index < -0.39 is 9.84 Å². The molecule has 0 aromatic carbocycles. The molecule has 0 radical (unpaired) electrons. The van der Waals surface area contributed by atoms with Gasteiger partial charge in [-0.1, -0.05) is 0 Å². The number of rotatable bonds is 2. The summed E-state index contributed by atoms with van der Waals surface area (Å²) in [6.07, 6.45) is 0.693. The fourth-order valence-corrected chi connectivity index (χ4v) is 4.24. The summed E-state index contributed by atoms with van der Waals surface area (Å²) in [5.41, 5.74) is 0. The third-order valence-corrected chi connectivity index (χ3v) is 6.50. The van der Waals surface area contributed by atoms with Crippen LogP contribution in [0, 0.1) is 11.3 Å². The Kier molecular flexibility index (Phi) is 4.05. The average Bonchev–Trinajstić information content (AvgIpc) is 2.74. The zero-order valence-corrected chi connectivity index (χ0v) is 11.9. The van der Waals surface area contributed by atoms with Crippen molar-refractivity contribution < 1.29 is 8.42 Å².